The largest absolute Gasteiger partial charge is 0.447 e. The highest BCUT2D eigenvalue weighted by atomic mass is 35.5. The molecule has 0 spiro atoms. The van der Waals surface area contributed by atoms with Crippen LogP contribution in [0.2, 0.25) is 10.0 Å². The Balaban J connectivity index is 2.10. The van der Waals surface area contributed by atoms with Gasteiger partial charge in [0.1, 0.15) is 5.69 Å². The molecule has 38 heavy (non-hydrogen) atoms. The molecule has 0 fully saturated rings. The highest BCUT2D eigenvalue weighted by Gasteiger charge is 2.36. The molecule has 1 heterocycles. The number of ether oxygens (including phenoxy) is 1. The third kappa shape index (κ3) is 6.56. The van der Waals surface area contributed by atoms with E-state index in [0.717, 1.165) is 0 Å². The first-order chi connectivity index (χ1) is 17.7. The normalized spacial score (nSPS) is 11.3. The summed E-state index contributed by atoms with van der Waals surface area (Å²) < 4.78 is 46.5. The molecule has 3 aromatic rings. The standard InChI is InChI=1S/C24H22Cl2F3N5O4/c1-11(2)38-23(37)31-14-5-6-16(26)17(9-14)34-18(10-19(33-34)24(27,28)29)22(36)32-20-12(3)7-13(25)8-15(20)21(35)30-4/h5-11H,1-4H3,(H,30,35)(H,31,37)(H,32,36). The van der Waals surface area contributed by atoms with E-state index in [1.165, 1.54) is 37.4 Å². The second-order valence-electron chi connectivity index (χ2n) is 8.25. The Morgan fingerprint density at radius 2 is 1.71 bits per heavy atom. The van der Waals surface area contributed by atoms with Gasteiger partial charge in [0.2, 0.25) is 0 Å². The summed E-state index contributed by atoms with van der Waals surface area (Å²) in [7, 11) is 1.37. The van der Waals surface area contributed by atoms with Crippen LogP contribution >= 0.6 is 23.2 Å². The van der Waals surface area contributed by atoms with Gasteiger partial charge in [0.25, 0.3) is 11.8 Å². The molecule has 0 bridgehead atoms. The highest BCUT2D eigenvalue weighted by molar-refractivity contribution is 6.32. The van der Waals surface area contributed by atoms with Crippen LogP contribution in [0.25, 0.3) is 5.69 Å². The predicted molar refractivity (Wildman–Crippen MR) is 136 cm³/mol. The van der Waals surface area contributed by atoms with Crippen LogP contribution in [0, 0.1) is 6.92 Å². The van der Waals surface area contributed by atoms with E-state index in [2.05, 4.69) is 21.0 Å². The van der Waals surface area contributed by atoms with Gasteiger partial charge in [-0.2, -0.15) is 18.3 Å². The van der Waals surface area contributed by atoms with Crippen LogP contribution < -0.4 is 16.0 Å². The van der Waals surface area contributed by atoms with Gasteiger partial charge in [-0.05, 0) is 56.7 Å². The van der Waals surface area contributed by atoms with Crippen molar-refractivity contribution in [3.63, 3.8) is 0 Å². The van der Waals surface area contributed by atoms with Gasteiger partial charge in [-0.1, -0.05) is 23.2 Å². The quantitative estimate of drug-likeness (QED) is 0.332. The van der Waals surface area contributed by atoms with Crippen molar-refractivity contribution >= 4 is 52.5 Å². The Morgan fingerprint density at radius 1 is 1.03 bits per heavy atom. The molecular weight excluding hydrogens is 550 g/mol. The van der Waals surface area contributed by atoms with Crippen molar-refractivity contribution in [2.24, 2.45) is 0 Å². The van der Waals surface area contributed by atoms with Crippen molar-refractivity contribution < 1.29 is 32.3 Å². The maximum atomic E-state index is 13.6. The van der Waals surface area contributed by atoms with Gasteiger partial charge in [-0.15, -0.1) is 0 Å². The summed E-state index contributed by atoms with van der Waals surface area (Å²) in [5.74, 6) is -1.59. The van der Waals surface area contributed by atoms with Gasteiger partial charge < -0.3 is 15.4 Å². The second kappa shape index (κ2) is 11.3. The number of nitrogens with one attached hydrogen (secondary N) is 3. The lowest BCUT2D eigenvalue weighted by Gasteiger charge is -2.15. The summed E-state index contributed by atoms with van der Waals surface area (Å²) in [6.45, 7) is 4.84. The minimum absolute atomic E-state index is 0.000792. The Labute approximate surface area is 225 Å². The van der Waals surface area contributed by atoms with E-state index in [-0.39, 0.29) is 32.7 Å². The molecule has 0 saturated heterocycles. The Morgan fingerprint density at radius 3 is 2.32 bits per heavy atom. The van der Waals surface area contributed by atoms with E-state index < -0.39 is 41.6 Å². The number of aryl methyl sites for hydroxylation is 1. The maximum absolute atomic E-state index is 13.6. The minimum atomic E-state index is -4.90. The molecule has 0 aliphatic rings. The van der Waals surface area contributed by atoms with Gasteiger partial charge in [0.15, 0.2) is 5.69 Å². The van der Waals surface area contributed by atoms with Crippen molar-refractivity contribution in [1.29, 1.82) is 0 Å². The zero-order chi connectivity index (χ0) is 28.4. The molecule has 14 heteroatoms. The number of carbonyl (C=O) groups is 3. The number of hydrogen-bond acceptors (Lipinski definition) is 5. The fourth-order valence-corrected chi connectivity index (χ4v) is 3.85. The van der Waals surface area contributed by atoms with Crippen LogP contribution in [0.4, 0.5) is 29.3 Å². The molecule has 3 rings (SSSR count). The van der Waals surface area contributed by atoms with Crippen molar-refractivity contribution in [3.8, 4) is 5.69 Å². The second-order valence-corrected chi connectivity index (χ2v) is 9.09. The molecule has 0 saturated carbocycles. The number of aromatic nitrogens is 2. The first-order valence-electron chi connectivity index (χ1n) is 11.0. The number of rotatable bonds is 6. The number of benzene rings is 2. The predicted octanol–water partition coefficient (Wildman–Crippen LogP) is 6.08. The fourth-order valence-electron chi connectivity index (χ4n) is 3.38. The third-order valence-electron chi connectivity index (χ3n) is 5.01. The lowest BCUT2D eigenvalue weighted by atomic mass is 10.1. The monoisotopic (exact) mass is 571 g/mol. The molecule has 0 atom stereocenters. The van der Waals surface area contributed by atoms with Crippen LogP contribution in [0.3, 0.4) is 0 Å². The Kier molecular flexibility index (Phi) is 8.58. The lowest BCUT2D eigenvalue weighted by Crippen LogP contribution is -2.23. The number of halogens is 5. The summed E-state index contributed by atoms with van der Waals surface area (Å²) in [4.78, 5) is 37.7. The summed E-state index contributed by atoms with van der Waals surface area (Å²) in [5, 5.41) is 11.0. The molecule has 1 aromatic heterocycles. The number of alkyl halides is 3. The summed E-state index contributed by atoms with van der Waals surface area (Å²) >= 11 is 12.3. The summed E-state index contributed by atoms with van der Waals surface area (Å²) in [6, 6.07) is 7.27. The SMILES string of the molecule is CNC(=O)c1cc(Cl)cc(C)c1NC(=O)c1cc(C(F)(F)F)nn1-c1cc(NC(=O)OC(C)C)ccc1Cl. The number of carbonyl (C=O) groups excluding carboxylic acids is 3. The van der Waals surface area contributed by atoms with E-state index in [1.54, 1.807) is 20.8 Å². The molecule has 3 amide bonds. The van der Waals surface area contributed by atoms with Crippen molar-refractivity contribution in [1.82, 2.24) is 15.1 Å². The molecule has 0 radical (unpaired) electrons. The zero-order valence-electron chi connectivity index (χ0n) is 20.5. The maximum Gasteiger partial charge on any atom is 0.435 e. The Hall–Kier alpha value is -3.77. The number of amides is 3. The summed E-state index contributed by atoms with van der Waals surface area (Å²) in [6.07, 6.45) is -6.12. The van der Waals surface area contributed by atoms with Crippen molar-refractivity contribution in [3.05, 3.63) is 69.0 Å². The van der Waals surface area contributed by atoms with Crippen LogP contribution in [0.5, 0.6) is 0 Å². The molecule has 202 valence electrons. The molecule has 3 N–H and O–H groups in total. The molecular formula is C24H22Cl2F3N5O4. The first-order valence-corrected chi connectivity index (χ1v) is 11.7. The molecule has 0 unspecified atom stereocenters. The fraction of sp³-hybridized carbons (Fsp3) is 0.250. The first kappa shape index (κ1) is 28.8. The number of nitrogens with zero attached hydrogens (tertiary/aromatic N) is 2. The molecule has 0 aliphatic carbocycles. The van der Waals surface area contributed by atoms with E-state index in [4.69, 9.17) is 27.9 Å². The van der Waals surface area contributed by atoms with Gasteiger partial charge in [-0.3, -0.25) is 14.9 Å². The smallest absolute Gasteiger partial charge is 0.435 e. The molecule has 0 aliphatic heterocycles. The number of anilines is 2. The van der Waals surface area contributed by atoms with E-state index in [9.17, 15) is 27.6 Å². The Bertz CT molecular complexity index is 1410. The highest BCUT2D eigenvalue weighted by Crippen LogP contribution is 2.33. The summed E-state index contributed by atoms with van der Waals surface area (Å²) in [5.41, 5.74) is -1.48. The van der Waals surface area contributed by atoms with Crippen LogP contribution in [-0.4, -0.2) is 40.8 Å². The van der Waals surface area contributed by atoms with E-state index in [1.807, 2.05) is 0 Å². The van der Waals surface area contributed by atoms with Gasteiger partial charge in [0, 0.05) is 23.8 Å². The van der Waals surface area contributed by atoms with Gasteiger partial charge >= 0.3 is 12.3 Å². The van der Waals surface area contributed by atoms with Gasteiger partial charge in [0.05, 0.1) is 28.1 Å². The van der Waals surface area contributed by atoms with Crippen LogP contribution in [0.15, 0.2) is 36.4 Å². The zero-order valence-corrected chi connectivity index (χ0v) is 22.0. The molecule has 2 aromatic carbocycles. The van der Waals surface area contributed by atoms with E-state index in [0.29, 0.717) is 16.3 Å². The van der Waals surface area contributed by atoms with Crippen molar-refractivity contribution in [2.75, 3.05) is 17.7 Å². The van der Waals surface area contributed by atoms with Crippen LogP contribution in [0.1, 0.15) is 46.0 Å². The lowest BCUT2D eigenvalue weighted by molar-refractivity contribution is -0.141. The van der Waals surface area contributed by atoms with Crippen molar-refractivity contribution in [2.45, 2.75) is 33.1 Å². The number of hydrogen-bond donors (Lipinski definition) is 3. The average Bonchev–Trinajstić information content (AvgIpc) is 3.27. The average molecular weight is 572 g/mol. The molecule has 9 nitrogen and oxygen atoms in total. The topological polar surface area (TPSA) is 114 Å². The van der Waals surface area contributed by atoms with Crippen LogP contribution in [-0.2, 0) is 10.9 Å². The minimum Gasteiger partial charge on any atom is -0.447 e. The van der Waals surface area contributed by atoms with E-state index >= 15 is 0 Å². The van der Waals surface area contributed by atoms with Gasteiger partial charge in [-0.25, -0.2) is 9.48 Å². The third-order valence-corrected chi connectivity index (χ3v) is 5.54.